The van der Waals surface area contributed by atoms with E-state index in [9.17, 15) is 4.79 Å². The van der Waals surface area contributed by atoms with Gasteiger partial charge in [0.25, 0.3) is 0 Å². The van der Waals surface area contributed by atoms with Crippen LogP contribution in [0.1, 0.15) is 12.0 Å². The summed E-state index contributed by atoms with van der Waals surface area (Å²) in [6.45, 7) is 0. The molecule has 0 aliphatic heterocycles. The van der Waals surface area contributed by atoms with Gasteiger partial charge in [0.05, 0.1) is 12.8 Å². The molecular weight excluding hydrogens is 326 g/mol. The van der Waals surface area contributed by atoms with Gasteiger partial charge in [0, 0.05) is 6.42 Å². The van der Waals surface area contributed by atoms with Crippen LogP contribution in [0.15, 0.2) is 78.9 Å². The zero-order valence-corrected chi connectivity index (χ0v) is 14.6. The molecule has 3 rings (SSSR count). The van der Waals surface area contributed by atoms with Crippen molar-refractivity contribution in [2.45, 2.75) is 12.8 Å². The number of anilines is 1. The van der Waals surface area contributed by atoms with E-state index in [0.717, 1.165) is 17.1 Å². The number of ether oxygens (including phenoxy) is 2. The number of methoxy groups -OCH3 is 1. The first-order valence-corrected chi connectivity index (χ1v) is 8.49. The van der Waals surface area contributed by atoms with E-state index >= 15 is 0 Å². The quantitative estimate of drug-likeness (QED) is 0.650. The summed E-state index contributed by atoms with van der Waals surface area (Å²) < 4.78 is 11.0. The van der Waals surface area contributed by atoms with Crippen molar-refractivity contribution in [3.8, 4) is 17.2 Å². The summed E-state index contributed by atoms with van der Waals surface area (Å²) in [4.78, 5) is 12.3. The average Bonchev–Trinajstić information content (AvgIpc) is 2.69. The van der Waals surface area contributed by atoms with Crippen LogP contribution in [0.2, 0.25) is 0 Å². The molecule has 0 saturated heterocycles. The molecule has 0 heterocycles. The van der Waals surface area contributed by atoms with E-state index in [0.29, 0.717) is 24.3 Å². The Kier molecular flexibility index (Phi) is 5.88. The monoisotopic (exact) mass is 347 g/mol. The third-order valence-corrected chi connectivity index (χ3v) is 3.93. The molecule has 3 aromatic rings. The minimum Gasteiger partial charge on any atom is -0.497 e. The lowest BCUT2D eigenvalue weighted by Gasteiger charge is -2.12. The van der Waals surface area contributed by atoms with Gasteiger partial charge in [-0.1, -0.05) is 42.5 Å². The van der Waals surface area contributed by atoms with Gasteiger partial charge in [-0.25, -0.2) is 0 Å². The largest absolute Gasteiger partial charge is 0.497 e. The average molecular weight is 347 g/mol. The second-order valence-electron chi connectivity index (χ2n) is 5.81. The summed E-state index contributed by atoms with van der Waals surface area (Å²) in [7, 11) is 1.64. The van der Waals surface area contributed by atoms with Crippen molar-refractivity contribution in [3.63, 3.8) is 0 Å². The number of aryl methyl sites for hydroxylation is 1. The Morgan fingerprint density at radius 2 is 1.54 bits per heavy atom. The Morgan fingerprint density at radius 1 is 0.846 bits per heavy atom. The zero-order valence-electron chi connectivity index (χ0n) is 14.6. The van der Waals surface area contributed by atoms with Gasteiger partial charge in [-0.2, -0.15) is 0 Å². The van der Waals surface area contributed by atoms with E-state index in [1.807, 2.05) is 78.9 Å². The second-order valence-corrected chi connectivity index (χ2v) is 5.81. The molecule has 0 radical (unpaired) electrons. The SMILES string of the molecule is COc1ccc(CCC(=O)Nc2ccccc2Oc2ccccc2)cc1. The maximum absolute atomic E-state index is 12.3. The van der Waals surface area contributed by atoms with Crippen molar-refractivity contribution >= 4 is 11.6 Å². The number of carbonyl (C=O) groups is 1. The molecule has 3 aromatic carbocycles. The molecule has 26 heavy (non-hydrogen) atoms. The van der Waals surface area contributed by atoms with Crippen LogP contribution >= 0.6 is 0 Å². The molecule has 0 unspecified atom stereocenters. The number of para-hydroxylation sites is 3. The van der Waals surface area contributed by atoms with Crippen LogP contribution in [-0.4, -0.2) is 13.0 Å². The van der Waals surface area contributed by atoms with Crippen molar-refractivity contribution in [2.24, 2.45) is 0 Å². The maximum Gasteiger partial charge on any atom is 0.224 e. The topological polar surface area (TPSA) is 47.6 Å². The van der Waals surface area contributed by atoms with E-state index in [4.69, 9.17) is 9.47 Å². The Bertz CT molecular complexity index is 845. The summed E-state index contributed by atoms with van der Waals surface area (Å²) in [5, 5.41) is 2.93. The minimum atomic E-state index is -0.0510. The highest BCUT2D eigenvalue weighted by molar-refractivity contribution is 5.92. The van der Waals surface area contributed by atoms with Crippen molar-refractivity contribution in [3.05, 3.63) is 84.4 Å². The molecule has 4 heteroatoms. The number of rotatable bonds is 7. The van der Waals surface area contributed by atoms with Gasteiger partial charge in [0.1, 0.15) is 11.5 Å². The number of nitrogens with one attached hydrogen (secondary N) is 1. The van der Waals surface area contributed by atoms with Crippen LogP contribution in [0.5, 0.6) is 17.2 Å². The van der Waals surface area contributed by atoms with Gasteiger partial charge in [0.15, 0.2) is 5.75 Å². The molecule has 0 bridgehead atoms. The summed E-state index contributed by atoms with van der Waals surface area (Å²) in [5.41, 5.74) is 1.76. The van der Waals surface area contributed by atoms with Gasteiger partial charge in [-0.05, 0) is 48.4 Å². The Labute approximate surface area is 153 Å². The lowest BCUT2D eigenvalue weighted by molar-refractivity contribution is -0.116. The van der Waals surface area contributed by atoms with Gasteiger partial charge in [0.2, 0.25) is 5.91 Å². The molecular formula is C22H21NO3. The van der Waals surface area contributed by atoms with Crippen LogP contribution in [0.3, 0.4) is 0 Å². The van der Waals surface area contributed by atoms with E-state index in [1.165, 1.54) is 0 Å². The lowest BCUT2D eigenvalue weighted by atomic mass is 10.1. The highest BCUT2D eigenvalue weighted by Crippen LogP contribution is 2.29. The fourth-order valence-corrected chi connectivity index (χ4v) is 2.54. The Hall–Kier alpha value is -3.27. The molecule has 0 saturated carbocycles. The molecule has 0 aliphatic carbocycles. The Morgan fingerprint density at radius 3 is 2.27 bits per heavy atom. The fourth-order valence-electron chi connectivity index (χ4n) is 2.54. The van der Waals surface area contributed by atoms with Crippen LogP contribution in [0, 0.1) is 0 Å². The van der Waals surface area contributed by atoms with Gasteiger partial charge < -0.3 is 14.8 Å². The third-order valence-electron chi connectivity index (χ3n) is 3.93. The predicted octanol–water partition coefficient (Wildman–Crippen LogP) is 5.06. The predicted molar refractivity (Wildman–Crippen MR) is 103 cm³/mol. The maximum atomic E-state index is 12.3. The first kappa shape index (κ1) is 17.5. The standard InChI is InChI=1S/C22H21NO3/c1-25-18-14-11-17(12-15-18)13-16-22(24)23-20-9-5-6-10-21(20)26-19-7-3-2-4-8-19/h2-12,14-15H,13,16H2,1H3,(H,23,24). The molecule has 4 nitrogen and oxygen atoms in total. The van der Waals surface area contributed by atoms with E-state index in [1.54, 1.807) is 7.11 Å². The van der Waals surface area contributed by atoms with Gasteiger partial charge in [-0.3, -0.25) is 4.79 Å². The smallest absolute Gasteiger partial charge is 0.224 e. The van der Waals surface area contributed by atoms with Crippen molar-refractivity contribution in [2.75, 3.05) is 12.4 Å². The molecule has 1 amide bonds. The molecule has 0 fully saturated rings. The number of carbonyl (C=O) groups excluding carboxylic acids is 1. The molecule has 132 valence electrons. The second kappa shape index (κ2) is 8.72. The van der Waals surface area contributed by atoms with Crippen LogP contribution in [0.4, 0.5) is 5.69 Å². The molecule has 1 N–H and O–H groups in total. The summed E-state index contributed by atoms with van der Waals surface area (Å²) in [6.07, 6.45) is 1.06. The molecule has 0 aromatic heterocycles. The number of amides is 1. The van der Waals surface area contributed by atoms with E-state index in [-0.39, 0.29) is 5.91 Å². The highest BCUT2D eigenvalue weighted by Gasteiger charge is 2.09. The van der Waals surface area contributed by atoms with Crippen molar-refractivity contribution in [1.29, 1.82) is 0 Å². The third kappa shape index (κ3) is 4.86. The normalized spacial score (nSPS) is 10.2. The number of hydrogen-bond acceptors (Lipinski definition) is 3. The van der Waals surface area contributed by atoms with Crippen LogP contribution in [-0.2, 0) is 11.2 Å². The zero-order chi connectivity index (χ0) is 18.2. The lowest BCUT2D eigenvalue weighted by Crippen LogP contribution is -2.13. The highest BCUT2D eigenvalue weighted by atomic mass is 16.5. The first-order valence-electron chi connectivity index (χ1n) is 8.49. The van der Waals surface area contributed by atoms with Gasteiger partial charge >= 0.3 is 0 Å². The number of benzene rings is 3. The number of hydrogen-bond donors (Lipinski definition) is 1. The molecule has 0 spiro atoms. The fraction of sp³-hybridized carbons (Fsp3) is 0.136. The van der Waals surface area contributed by atoms with Gasteiger partial charge in [-0.15, -0.1) is 0 Å². The minimum absolute atomic E-state index is 0.0510. The van der Waals surface area contributed by atoms with Crippen LogP contribution < -0.4 is 14.8 Å². The molecule has 0 atom stereocenters. The summed E-state index contributed by atoms with van der Waals surface area (Å²) in [6, 6.07) is 24.7. The van der Waals surface area contributed by atoms with E-state index < -0.39 is 0 Å². The Balaban J connectivity index is 1.60. The van der Waals surface area contributed by atoms with Crippen LogP contribution in [0.25, 0.3) is 0 Å². The first-order chi connectivity index (χ1) is 12.7. The van der Waals surface area contributed by atoms with Crippen molar-refractivity contribution in [1.82, 2.24) is 0 Å². The summed E-state index contributed by atoms with van der Waals surface area (Å²) in [5.74, 6) is 2.11. The van der Waals surface area contributed by atoms with Crippen molar-refractivity contribution < 1.29 is 14.3 Å². The van der Waals surface area contributed by atoms with E-state index in [2.05, 4.69) is 5.32 Å². The molecule has 0 aliphatic rings. The summed E-state index contributed by atoms with van der Waals surface area (Å²) >= 11 is 0.